The second kappa shape index (κ2) is 3.72. The third-order valence-corrected chi connectivity index (χ3v) is 3.23. The Hall–Kier alpha value is 0.440. The Balaban J connectivity index is 2.38. The Morgan fingerprint density at radius 3 is 2.70 bits per heavy atom. The van der Waals surface area contributed by atoms with E-state index in [1.165, 1.54) is 0 Å². The van der Waals surface area contributed by atoms with Crippen LogP contribution in [-0.4, -0.2) is 16.0 Å². The minimum absolute atomic E-state index is 0.0289. The molecule has 60 valence electrons. The van der Waals surface area contributed by atoms with E-state index < -0.39 is 0 Å². The maximum Gasteiger partial charge on any atom is 0.0569 e. The van der Waals surface area contributed by atoms with Gasteiger partial charge in [-0.3, -0.25) is 0 Å². The van der Waals surface area contributed by atoms with Crippen molar-refractivity contribution < 1.29 is 5.11 Å². The first-order valence-corrected chi connectivity index (χ1v) is 4.97. The molecular weight excluding hydrogens is 192 g/mol. The molecule has 1 saturated carbocycles. The molecular formula is C8H15BrO. The molecule has 10 heavy (non-hydrogen) atoms. The Morgan fingerprint density at radius 1 is 1.50 bits per heavy atom. The Kier molecular flexibility index (Phi) is 3.18. The Bertz CT molecular complexity index is 105. The van der Waals surface area contributed by atoms with Crippen molar-refractivity contribution in [1.82, 2.24) is 0 Å². The lowest BCUT2D eigenvalue weighted by molar-refractivity contribution is 0.0708. The average Bonchev–Trinajstić information content (AvgIpc) is 1.94. The lowest BCUT2D eigenvalue weighted by Gasteiger charge is -2.29. The minimum Gasteiger partial charge on any atom is -0.393 e. The molecule has 1 N–H and O–H groups in total. The highest BCUT2D eigenvalue weighted by Gasteiger charge is 2.25. The van der Waals surface area contributed by atoms with Crippen molar-refractivity contribution >= 4 is 15.9 Å². The smallest absolute Gasteiger partial charge is 0.0569 e. The topological polar surface area (TPSA) is 20.2 Å². The van der Waals surface area contributed by atoms with Gasteiger partial charge in [0.2, 0.25) is 0 Å². The molecule has 0 amide bonds. The van der Waals surface area contributed by atoms with Gasteiger partial charge in [-0.15, -0.1) is 0 Å². The van der Waals surface area contributed by atoms with E-state index in [0.717, 1.165) is 25.7 Å². The van der Waals surface area contributed by atoms with Crippen LogP contribution in [0.25, 0.3) is 0 Å². The number of alkyl halides is 1. The molecule has 3 atom stereocenters. The highest BCUT2D eigenvalue weighted by atomic mass is 79.9. The van der Waals surface area contributed by atoms with Gasteiger partial charge in [0, 0.05) is 4.83 Å². The number of aliphatic hydroxyl groups is 1. The molecule has 0 bridgehead atoms. The zero-order chi connectivity index (χ0) is 7.56. The fraction of sp³-hybridized carbons (Fsp3) is 1.00. The Labute approximate surface area is 70.9 Å². The van der Waals surface area contributed by atoms with Gasteiger partial charge in [-0.1, -0.05) is 29.3 Å². The molecule has 1 aliphatic carbocycles. The third-order valence-electron chi connectivity index (χ3n) is 2.40. The van der Waals surface area contributed by atoms with Crippen LogP contribution in [0.1, 0.15) is 32.6 Å². The normalized spacial score (nSPS) is 41.7. The fourth-order valence-corrected chi connectivity index (χ4v) is 2.37. The van der Waals surface area contributed by atoms with Gasteiger partial charge >= 0.3 is 0 Å². The second-order valence-corrected chi connectivity index (χ2v) is 4.44. The first-order valence-electron chi connectivity index (χ1n) is 4.06. The molecule has 3 unspecified atom stereocenters. The number of hydrogen-bond donors (Lipinski definition) is 1. The summed E-state index contributed by atoms with van der Waals surface area (Å²) in [6, 6.07) is 0. The van der Waals surface area contributed by atoms with Crippen molar-refractivity contribution in [1.29, 1.82) is 0 Å². The molecule has 0 spiro atoms. The molecule has 1 nitrogen and oxygen atoms in total. The summed E-state index contributed by atoms with van der Waals surface area (Å²) in [7, 11) is 0. The second-order valence-electron chi connectivity index (χ2n) is 3.15. The van der Waals surface area contributed by atoms with Crippen LogP contribution in [-0.2, 0) is 0 Å². The fourth-order valence-electron chi connectivity index (χ4n) is 1.63. The molecule has 0 aliphatic heterocycles. The van der Waals surface area contributed by atoms with E-state index in [1.54, 1.807) is 0 Å². The average molecular weight is 207 g/mol. The van der Waals surface area contributed by atoms with Crippen LogP contribution in [0.3, 0.4) is 0 Å². The van der Waals surface area contributed by atoms with Gasteiger partial charge < -0.3 is 5.11 Å². The van der Waals surface area contributed by atoms with Crippen LogP contribution in [0.4, 0.5) is 0 Å². The van der Waals surface area contributed by atoms with Crippen LogP contribution in [0.15, 0.2) is 0 Å². The predicted molar refractivity (Wildman–Crippen MR) is 46.4 cm³/mol. The lowest BCUT2D eigenvalue weighted by Crippen LogP contribution is -2.28. The molecule has 0 saturated heterocycles. The number of rotatable bonds is 1. The molecule has 0 heterocycles. The molecule has 2 heteroatoms. The van der Waals surface area contributed by atoms with Gasteiger partial charge in [0.05, 0.1) is 6.10 Å². The highest BCUT2D eigenvalue weighted by molar-refractivity contribution is 9.09. The van der Waals surface area contributed by atoms with Crippen molar-refractivity contribution in [2.24, 2.45) is 5.92 Å². The summed E-state index contributed by atoms with van der Waals surface area (Å²) in [5, 5.41) is 9.47. The van der Waals surface area contributed by atoms with E-state index in [1.807, 2.05) is 0 Å². The lowest BCUT2D eigenvalue weighted by atomic mass is 9.85. The standard InChI is InChI=1S/C8H15BrO/c1-2-6-5-7(9)3-4-8(6)10/h6-8,10H,2-5H2,1H3. The summed E-state index contributed by atoms with van der Waals surface area (Å²) in [5.74, 6) is 0.540. The zero-order valence-electron chi connectivity index (χ0n) is 6.39. The zero-order valence-corrected chi connectivity index (χ0v) is 7.97. The first-order chi connectivity index (χ1) is 4.74. The predicted octanol–water partition coefficient (Wildman–Crippen LogP) is 2.32. The minimum atomic E-state index is -0.0289. The summed E-state index contributed by atoms with van der Waals surface area (Å²) in [5.41, 5.74) is 0. The van der Waals surface area contributed by atoms with Crippen LogP contribution in [0.2, 0.25) is 0 Å². The monoisotopic (exact) mass is 206 g/mol. The quantitative estimate of drug-likeness (QED) is 0.654. The van der Waals surface area contributed by atoms with Crippen LogP contribution < -0.4 is 0 Å². The largest absolute Gasteiger partial charge is 0.393 e. The number of hydrogen-bond acceptors (Lipinski definition) is 1. The Morgan fingerprint density at radius 2 is 2.20 bits per heavy atom. The van der Waals surface area contributed by atoms with Crippen LogP contribution in [0, 0.1) is 5.92 Å². The maximum absolute atomic E-state index is 9.47. The summed E-state index contributed by atoms with van der Waals surface area (Å²) >= 11 is 3.59. The van der Waals surface area contributed by atoms with E-state index in [0.29, 0.717) is 10.7 Å². The SMILES string of the molecule is CCC1CC(Br)CCC1O. The molecule has 0 radical (unpaired) electrons. The first kappa shape index (κ1) is 8.54. The van der Waals surface area contributed by atoms with Crippen molar-refractivity contribution in [3.8, 4) is 0 Å². The molecule has 1 rings (SSSR count). The van der Waals surface area contributed by atoms with E-state index in [-0.39, 0.29) is 6.10 Å². The van der Waals surface area contributed by atoms with Crippen molar-refractivity contribution in [2.75, 3.05) is 0 Å². The van der Waals surface area contributed by atoms with Crippen LogP contribution in [0.5, 0.6) is 0 Å². The van der Waals surface area contributed by atoms with Gasteiger partial charge in [0.25, 0.3) is 0 Å². The van der Waals surface area contributed by atoms with Crippen molar-refractivity contribution in [3.63, 3.8) is 0 Å². The van der Waals surface area contributed by atoms with Crippen molar-refractivity contribution in [2.45, 2.75) is 43.5 Å². The number of aliphatic hydroxyl groups excluding tert-OH is 1. The van der Waals surface area contributed by atoms with E-state index in [2.05, 4.69) is 22.9 Å². The van der Waals surface area contributed by atoms with Crippen molar-refractivity contribution in [3.05, 3.63) is 0 Å². The molecule has 0 aromatic rings. The molecule has 1 fully saturated rings. The third kappa shape index (κ3) is 1.96. The van der Waals surface area contributed by atoms with Gasteiger partial charge in [-0.05, 0) is 25.2 Å². The molecule has 0 aromatic carbocycles. The van der Waals surface area contributed by atoms with Gasteiger partial charge in [-0.25, -0.2) is 0 Å². The van der Waals surface area contributed by atoms with Gasteiger partial charge in [-0.2, -0.15) is 0 Å². The van der Waals surface area contributed by atoms with E-state index in [9.17, 15) is 5.11 Å². The van der Waals surface area contributed by atoms with E-state index in [4.69, 9.17) is 0 Å². The summed E-state index contributed by atoms with van der Waals surface area (Å²) in [4.78, 5) is 0.654. The highest BCUT2D eigenvalue weighted by Crippen LogP contribution is 2.30. The maximum atomic E-state index is 9.47. The van der Waals surface area contributed by atoms with Gasteiger partial charge in [0.1, 0.15) is 0 Å². The summed E-state index contributed by atoms with van der Waals surface area (Å²) in [6.07, 6.45) is 4.35. The molecule has 0 aromatic heterocycles. The van der Waals surface area contributed by atoms with Gasteiger partial charge in [0.15, 0.2) is 0 Å². The summed E-state index contributed by atoms with van der Waals surface area (Å²) in [6.45, 7) is 2.15. The molecule has 1 aliphatic rings. The van der Waals surface area contributed by atoms with Crippen LogP contribution >= 0.6 is 15.9 Å². The van der Waals surface area contributed by atoms with E-state index >= 15 is 0 Å². The summed E-state index contributed by atoms with van der Waals surface area (Å²) < 4.78 is 0. The number of halogens is 1.